The molecule has 5 heteroatoms. The molecular formula is C27H43NO3S. The Kier molecular flexibility index (Phi) is 9.54. The van der Waals surface area contributed by atoms with Gasteiger partial charge in [-0.2, -0.15) is 11.8 Å². The first-order chi connectivity index (χ1) is 15.7. The first-order valence-corrected chi connectivity index (χ1v) is 14.6. The van der Waals surface area contributed by atoms with Crippen molar-refractivity contribution in [3.05, 3.63) is 0 Å². The van der Waals surface area contributed by atoms with Crippen LogP contribution in [0.15, 0.2) is 5.16 Å². The summed E-state index contributed by atoms with van der Waals surface area (Å²) in [5, 5.41) is 5.83. The van der Waals surface area contributed by atoms with E-state index in [1.165, 1.54) is 64.2 Å². The average Bonchev–Trinajstić information content (AvgIpc) is 3.36. The van der Waals surface area contributed by atoms with Gasteiger partial charge in [0.15, 0.2) is 5.78 Å². The Morgan fingerprint density at radius 3 is 1.88 bits per heavy atom. The molecule has 4 aliphatic rings. The van der Waals surface area contributed by atoms with Gasteiger partial charge in [0.1, 0.15) is 5.71 Å². The highest BCUT2D eigenvalue weighted by atomic mass is 32.2. The van der Waals surface area contributed by atoms with Gasteiger partial charge < -0.3 is 4.84 Å². The Labute approximate surface area is 199 Å². The highest BCUT2D eigenvalue weighted by molar-refractivity contribution is 8.00. The molecule has 0 amide bonds. The van der Waals surface area contributed by atoms with Gasteiger partial charge in [-0.1, -0.05) is 69.4 Å². The van der Waals surface area contributed by atoms with Crippen LogP contribution < -0.4 is 0 Å². The fourth-order valence-electron chi connectivity index (χ4n) is 6.35. The van der Waals surface area contributed by atoms with Crippen LogP contribution in [0.1, 0.15) is 122 Å². The molecule has 0 radical (unpaired) electrons. The standard InChI is InChI=1S/C27H43NO3S/c29-26(21-15-17-24(18-16-21)32-23-13-5-2-6-14-23)25(19-20-9-7-8-10-20)28-31-27(30)22-11-3-1-4-12-22/h20-24H,1-19H2/b28-25-. The van der Waals surface area contributed by atoms with Gasteiger partial charge in [0, 0.05) is 16.4 Å². The van der Waals surface area contributed by atoms with Crippen LogP contribution in [0, 0.1) is 17.8 Å². The fraction of sp³-hybridized carbons (Fsp3) is 0.889. The summed E-state index contributed by atoms with van der Waals surface area (Å²) in [5.74, 6) is 0.544. The molecule has 180 valence electrons. The van der Waals surface area contributed by atoms with Gasteiger partial charge >= 0.3 is 5.97 Å². The molecule has 32 heavy (non-hydrogen) atoms. The average molecular weight is 462 g/mol. The summed E-state index contributed by atoms with van der Waals surface area (Å²) < 4.78 is 0. The molecule has 0 spiro atoms. The second kappa shape index (κ2) is 12.6. The Balaban J connectivity index is 1.31. The molecule has 0 atom stereocenters. The largest absolute Gasteiger partial charge is 0.338 e. The molecule has 0 saturated heterocycles. The topological polar surface area (TPSA) is 55.7 Å². The number of rotatable bonds is 8. The second-order valence-corrected chi connectivity index (χ2v) is 12.5. The number of ketones is 1. The monoisotopic (exact) mass is 461 g/mol. The van der Waals surface area contributed by atoms with Crippen LogP contribution in [0.3, 0.4) is 0 Å². The van der Waals surface area contributed by atoms with Gasteiger partial charge in [0.05, 0.1) is 5.92 Å². The first kappa shape index (κ1) is 24.3. The van der Waals surface area contributed by atoms with Crippen LogP contribution in [0.5, 0.6) is 0 Å². The van der Waals surface area contributed by atoms with E-state index in [9.17, 15) is 9.59 Å². The lowest BCUT2D eigenvalue weighted by atomic mass is 9.82. The van der Waals surface area contributed by atoms with Gasteiger partial charge in [-0.3, -0.25) is 4.79 Å². The molecule has 0 aromatic heterocycles. The van der Waals surface area contributed by atoms with Crippen molar-refractivity contribution in [3.8, 4) is 0 Å². The Morgan fingerprint density at radius 2 is 1.22 bits per heavy atom. The number of nitrogens with zero attached hydrogens (tertiary/aromatic N) is 1. The van der Waals surface area contributed by atoms with E-state index in [0.29, 0.717) is 18.1 Å². The molecule has 0 unspecified atom stereocenters. The zero-order valence-electron chi connectivity index (χ0n) is 19.9. The molecular weight excluding hydrogens is 418 g/mol. The normalized spacial score (nSPS) is 29.2. The minimum Gasteiger partial charge on any atom is -0.318 e. The van der Waals surface area contributed by atoms with Crippen LogP contribution >= 0.6 is 11.8 Å². The van der Waals surface area contributed by atoms with Crippen LogP contribution in [-0.2, 0) is 14.4 Å². The summed E-state index contributed by atoms with van der Waals surface area (Å²) >= 11 is 2.21. The number of hydrogen-bond acceptors (Lipinski definition) is 5. The molecule has 0 aromatic carbocycles. The maximum atomic E-state index is 13.4. The highest BCUT2D eigenvalue weighted by Gasteiger charge is 2.33. The summed E-state index contributed by atoms with van der Waals surface area (Å²) in [6.07, 6.45) is 22.0. The first-order valence-electron chi connectivity index (χ1n) is 13.7. The predicted molar refractivity (Wildman–Crippen MR) is 132 cm³/mol. The van der Waals surface area contributed by atoms with Gasteiger partial charge in [0.2, 0.25) is 0 Å². The molecule has 4 nitrogen and oxygen atoms in total. The smallest absolute Gasteiger partial charge is 0.318 e. The summed E-state index contributed by atoms with van der Waals surface area (Å²) in [6, 6.07) is 0. The van der Waals surface area contributed by atoms with Crippen LogP contribution in [0.4, 0.5) is 0 Å². The summed E-state index contributed by atoms with van der Waals surface area (Å²) in [4.78, 5) is 31.4. The summed E-state index contributed by atoms with van der Waals surface area (Å²) in [7, 11) is 0. The quantitative estimate of drug-likeness (QED) is 0.217. The number of carbonyl (C=O) groups excluding carboxylic acids is 2. The maximum Gasteiger partial charge on any atom is 0.338 e. The molecule has 0 heterocycles. The van der Waals surface area contributed by atoms with Crippen molar-refractivity contribution in [3.63, 3.8) is 0 Å². The number of oxime groups is 1. The number of hydrogen-bond donors (Lipinski definition) is 0. The van der Waals surface area contributed by atoms with E-state index in [-0.39, 0.29) is 23.6 Å². The molecule has 0 bridgehead atoms. The van der Waals surface area contributed by atoms with Crippen molar-refractivity contribution in [2.45, 2.75) is 132 Å². The summed E-state index contributed by atoms with van der Waals surface area (Å²) in [6.45, 7) is 0. The van der Waals surface area contributed by atoms with Crippen molar-refractivity contribution < 1.29 is 14.4 Å². The summed E-state index contributed by atoms with van der Waals surface area (Å²) in [5.41, 5.74) is 0.560. The third-order valence-corrected chi connectivity index (χ3v) is 10.1. The van der Waals surface area contributed by atoms with E-state index < -0.39 is 0 Å². The van der Waals surface area contributed by atoms with Gasteiger partial charge in [0.25, 0.3) is 0 Å². The highest BCUT2D eigenvalue weighted by Crippen LogP contribution is 2.39. The zero-order valence-corrected chi connectivity index (χ0v) is 20.7. The Hall–Kier alpha value is -0.840. The van der Waals surface area contributed by atoms with Crippen LogP contribution in [0.2, 0.25) is 0 Å². The van der Waals surface area contributed by atoms with E-state index in [1.54, 1.807) is 0 Å². The van der Waals surface area contributed by atoms with Gasteiger partial charge in [-0.05, 0) is 63.7 Å². The van der Waals surface area contributed by atoms with E-state index in [2.05, 4.69) is 16.9 Å². The third-order valence-electron chi connectivity index (χ3n) is 8.41. The van der Waals surface area contributed by atoms with E-state index in [1.807, 2.05) is 0 Å². The minimum atomic E-state index is -0.214. The van der Waals surface area contributed by atoms with Crippen molar-refractivity contribution in [2.24, 2.45) is 22.9 Å². The van der Waals surface area contributed by atoms with Crippen molar-refractivity contribution >= 4 is 29.2 Å². The number of Topliss-reactive ketones (excluding diaryl/α,β-unsaturated/α-hetero) is 1. The Bertz CT molecular complexity index is 637. The molecule has 0 N–H and O–H groups in total. The van der Waals surface area contributed by atoms with Gasteiger partial charge in [-0.15, -0.1) is 0 Å². The predicted octanol–water partition coefficient (Wildman–Crippen LogP) is 7.24. The molecule has 0 aliphatic heterocycles. The Morgan fingerprint density at radius 1 is 0.656 bits per heavy atom. The SMILES string of the molecule is O=C(O/N=C(/CC1CCCC1)C(=O)C1CCC(SC2CCCCC2)CC1)C1CCCCC1. The zero-order chi connectivity index (χ0) is 22.2. The van der Waals surface area contributed by atoms with Crippen molar-refractivity contribution in [1.82, 2.24) is 0 Å². The maximum absolute atomic E-state index is 13.4. The lowest BCUT2D eigenvalue weighted by Crippen LogP contribution is -2.31. The van der Waals surface area contributed by atoms with Crippen LogP contribution in [0.25, 0.3) is 0 Å². The lowest BCUT2D eigenvalue weighted by Gasteiger charge is -2.31. The van der Waals surface area contributed by atoms with Crippen molar-refractivity contribution in [2.75, 3.05) is 0 Å². The van der Waals surface area contributed by atoms with Crippen molar-refractivity contribution in [1.29, 1.82) is 0 Å². The molecule has 4 saturated carbocycles. The third kappa shape index (κ3) is 7.08. The second-order valence-electron chi connectivity index (χ2n) is 10.9. The minimum absolute atomic E-state index is 0.0254. The van der Waals surface area contributed by atoms with E-state index in [0.717, 1.165) is 61.9 Å². The van der Waals surface area contributed by atoms with E-state index >= 15 is 0 Å². The number of thioether (sulfide) groups is 1. The lowest BCUT2D eigenvalue weighted by molar-refractivity contribution is -0.149. The molecule has 0 aromatic rings. The molecule has 4 fully saturated rings. The molecule has 4 aliphatic carbocycles. The van der Waals surface area contributed by atoms with E-state index in [4.69, 9.17) is 4.84 Å². The van der Waals surface area contributed by atoms with Gasteiger partial charge in [-0.25, -0.2) is 4.79 Å². The molecule has 4 rings (SSSR count). The number of carbonyl (C=O) groups is 2. The van der Waals surface area contributed by atoms with Crippen LogP contribution in [-0.4, -0.2) is 28.0 Å². The fourth-order valence-corrected chi connectivity index (χ4v) is 8.05.